The zero-order valence-corrected chi connectivity index (χ0v) is 22.7. The number of ether oxygens (including phenoxy) is 1. The standard InChI is InChI=1S/C31H48F2N2O/c1-3-5-7-8-9-10-11-12-13-14-15-26-24-34-31(35-25-26)27-17-19-30(20-18-27)36-22-21-29(33)23-28(32)16-6-4-2/h17-20,24-25,28-29H,3-16,21-23H2,1-2H3. The molecule has 0 bridgehead atoms. The molecule has 2 aromatic rings. The van der Waals surface area contributed by atoms with Gasteiger partial charge in [-0.25, -0.2) is 18.7 Å². The molecule has 202 valence electrons. The first-order valence-corrected chi connectivity index (χ1v) is 14.4. The summed E-state index contributed by atoms with van der Waals surface area (Å²) in [5.74, 6) is 1.37. The summed E-state index contributed by atoms with van der Waals surface area (Å²) < 4.78 is 33.3. The number of hydrogen-bond donors (Lipinski definition) is 0. The van der Waals surface area contributed by atoms with Gasteiger partial charge in [-0.05, 0) is 49.1 Å². The number of halogens is 2. The Hall–Kier alpha value is -2.04. The molecule has 2 rings (SSSR count). The summed E-state index contributed by atoms with van der Waals surface area (Å²) in [4.78, 5) is 9.08. The maximum Gasteiger partial charge on any atom is 0.159 e. The minimum absolute atomic E-state index is 0.0329. The molecule has 0 spiro atoms. The second kappa shape index (κ2) is 19.1. The third kappa shape index (κ3) is 13.3. The fourth-order valence-corrected chi connectivity index (χ4v) is 4.39. The van der Waals surface area contributed by atoms with Gasteiger partial charge in [0.2, 0.25) is 0 Å². The molecule has 2 unspecified atom stereocenters. The number of benzene rings is 1. The number of unbranched alkanes of at least 4 members (excludes halogenated alkanes) is 10. The Morgan fingerprint density at radius 3 is 1.86 bits per heavy atom. The molecule has 0 aliphatic heterocycles. The molecule has 1 heterocycles. The first-order valence-electron chi connectivity index (χ1n) is 14.4. The normalized spacial score (nSPS) is 13.0. The van der Waals surface area contributed by atoms with Gasteiger partial charge in [0.25, 0.3) is 0 Å². The highest BCUT2D eigenvalue weighted by molar-refractivity contribution is 5.55. The highest BCUT2D eigenvalue weighted by atomic mass is 19.1. The first kappa shape index (κ1) is 30.2. The Balaban J connectivity index is 1.61. The number of rotatable bonds is 21. The predicted octanol–water partition coefficient (Wildman–Crippen LogP) is 9.63. The fraction of sp³-hybridized carbons (Fsp3) is 0.677. The summed E-state index contributed by atoms with van der Waals surface area (Å²) in [7, 11) is 0. The average Bonchev–Trinajstić information content (AvgIpc) is 2.89. The minimum atomic E-state index is -1.16. The molecule has 0 amide bonds. The molecule has 0 N–H and O–H groups in total. The molecule has 0 aliphatic rings. The van der Waals surface area contributed by atoms with Crippen molar-refractivity contribution < 1.29 is 13.5 Å². The summed E-state index contributed by atoms with van der Waals surface area (Å²) in [6.45, 7) is 4.52. The lowest BCUT2D eigenvalue weighted by Crippen LogP contribution is -2.13. The molecule has 0 radical (unpaired) electrons. The number of aryl methyl sites for hydroxylation is 1. The molecule has 36 heavy (non-hydrogen) atoms. The number of aromatic nitrogens is 2. The highest BCUT2D eigenvalue weighted by Crippen LogP contribution is 2.21. The van der Waals surface area contributed by atoms with Crippen LogP contribution >= 0.6 is 0 Å². The van der Waals surface area contributed by atoms with Crippen LogP contribution in [0.2, 0.25) is 0 Å². The molecule has 0 fully saturated rings. The summed E-state index contributed by atoms with van der Waals surface area (Å²) in [5.41, 5.74) is 2.11. The van der Waals surface area contributed by atoms with Gasteiger partial charge >= 0.3 is 0 Å². The minimum Gasteiger partial charge on any atom is -0.493 e. The maximum atomic E-state index is 14.0. The summed E-state index contributed by atoms with van der Waals surface area (Å²) in [5, 5.41) is 0. The van der Waals surface area contributed by atoms with Gasteiger partial charge in [-0.2, -0.15) is 0 Å². The van der Waals surface area contributed by atoms with E-state index in [1.165, 1.54) is 69.8 Å². The van der Waals surface area contributed by atoms with Gasteiger partial charge in [0.05, 0.1) is 6.61 Å². The van der Waals surface area contributed by atoms with Gasteiger partial charge in [0.1, 0.15) is 18.1 Å². The molecule has 5 heteroatoms. The van der Waals surface area contributed by atoms with Crippen molar-refractivity contribution in [3.8, 4) is 17.1 Å². The fourth-order valence-electron chi connectivity index (χ4n) is 4.39. The monoisotopic (exact) mass is 502 g/mol. The molecule has 0 aliphatic carbocycles. The van der Waals surface area contributed by atoms with Crippen LogP contribution in [0.1, 0.15) is 116 Å². The topological polar surface area (TPSA) is 35.0 Å². The predicted molar refractivity (Wildman–Crippen MR) is 147 cm³/mol. The van der Waals surface area contributed by atoms with Crippen LogP contribution in [0.5, 0.6) is 5.75 Å². The quantitative estimate of drug-likeness (QED) is 0.159. The van der Waals surface area contributed by atoms with Crippen LogP contribution in [0, 0.1) is 0 Å². The highest BCUT2D eigenvalue weighted by Gasteiger charge is 2.15. The van der Waals surface area contributed by atoms with E-state index in [1.807, 2.05) is 43.6 Å². The van der Waals surface area contributed by atoms with E-state index in [1.54, 1.807) is 0 Å². The van der Waals surface area contributed by atoms with Crippen molar-refractivity contribution in [2.75, 3.05) is 6.61 Å². The first-order chi connectivity index (χ1) is 17.6. The summed E-state index contributed by atoms with van der Waals surface area (Å²) >= 11 is 0. The zero-order chi connectivity index (χ0) is 25.8. The molecule has 0 saturated heterocycles. The van der Waals surface area contributed by atoms with Crippen LogP contribution < -0.4 is 4.74 Å². The zero-order valence-electron chi connectivity index (χ0n) is 22.7. The van der Waals surface area contributed by atoms with Crippen molar-refractivity contribution in [3.63, 3.8) is 0 Å². The SMILES string of the molecule is CCCCCCCCCCCCc1cnc(-c2ccc(OCCC(F)CC(F)CCCC)cc2)nc1. The Morgan fingerprint density at radius 2 is 1.25 bits per heavy atom. The number of hydrogen-bond acceptors (Lipinski definition) is 3. The van der Waals surface area contributed by atoms with E-state index in [0.717, 1.165) is 24.8 Å². The number of nitrogens with zero attached hydrogens (tertiary/aromatic N) is 2. The van der Waals surface area contributed by atoms with E-state index in [-0.39, 0.29) is 19.4 Å². The van der Waals surface area contributed by atoms with Crippen molar-refractivity contribution in [1.29, 1.82) is 0 Å². The Kier molecular flexibility index (Phi) is 16.0. The van der Waals surface area contributed by atoms with E-state index in [9.17, 15) is 8.78 Å². The van der Waals surface area contributed by atoms with E-state index in [0.29, 0.717) is 18.0 Å². The van der Waals surface area contributed by atoms with Gasteiger partial charge in [-0.15, -0.1) is 0 Å². The van der Waals surface area contributed by atoms with Crippen LogP contribution in [0.25, 0.3) is 11.4 Å². The van der Waals surface area contributed by atoms with Gasteiger partial charge < -0.3 is 4.74 Å². The molecule has 1 aromatic heterocycles. The maximum absolute atomic E-state index is 14.0. The molecule has 0 saturated carbocycles. The Labute approximate surface area is 218 Å². The second-order valence-electron chi connectivity index (χ2n) is 10.1. The van der Waals surface area contributed by atoms with Crippen molar-refractivity contribution in [2.45, 2.75) is 129 Å². The van der Waals surface area contributed by atoms with E-state index >= 15 is 0 Å². The number of alkyl halides is 2. The lowest BCUT2D eigenvalue weighted by atomic mass is 10.0. The van der Waals surface area contributed by atoms with Crippen molar-refractivity contribution in [2.24, 2.45) is 0 Å². The van der Waals surface area contributed by atoms with Crippen LogP contribution in [0.15, 0.2) is 36.7 Å². The van der Waals surface area contributed by atoms with Crippen LogP contribution in [0.4, 0.5) is 8.78 Å². The van der Waals surface area contributed by atoms with E-state index < -0.39 is 12.3 Å². The Bertz CT molecular complexity index is 782. The van der Waals surface area contributed by atoms with Crippen molar-refractivity contribution in [1.82, 2.24) is 9.97 Å². The van der Waals surface area contributed by atoms with Crippen molar-refractivity contribution >= 4 is 0 Å². The van der Waals surface area contributed by atoms with Crippen LogP contribution in [0.3, 0.4) is 0 Å². The molecular weight excluding hydrogens is 454 g/mol. The average molecular weight is 503 g/mol. The summed E-state index contributed by atoms with van der Waals surface area (Å²) in [6.07, 6.45) is 18.4. The van der Waals surface area contributed by atoms with Crippen LogP contribution in [-0.2, 0) is 6.42 Å². The third-order valence-electron chi connectivity index (χ3n) is 6.72. The van der Waals surface area contributed by atoms with Crippen LogP contribution in [-0.4, -0.2) is 28.9 Å². The van der Waals surface area contributed by atoms with Gasteiger partial charge in [-0.1, -0.05) is 84.5 Å². The summed E-state index contributed by atoms with van der Waals surface area (Å²) in [6, 6.07) is 7.54. The molecule has 1 aromatic carbocycles. The smallest absolute Gasteiger partial charge is 0.159 e. The van der Waals surface area contributed by atoms with E-state index in [4.69, 9.17) is 4.74 Å². The van der Waals surface area contributed by atoms with Gasteiger partial charge in [0, 0.05) is 30.8 Å². The largest absolute Gasteiger partial charge is 0.493 e. The van der Waals surface area contributed by atoms with Gasteiger partial charge in [0.15, 0.2) is 5.82 Å². The van der Waals surface area contributed by atoms with E-state index in [2.05, 4.69) is 16.9 Å². The second-order valence-corrected chi connectivity index (χ2v) is 10.1. The lowest BCUT2D eigenvalue weighted by Gasteiger charge is -2.13. The van der Waals surface area contributed by atoms with Gasteiger partial charge in [-0.3, -0.25) is 0 Å². The molecule has 3 nitrogen and oxygen atoms in total. The lowest BCUT2D eigenvalue weighted by molar-refractivity contribution is 0.175. The Morgan fingerprint density at radius 1 is 0.694 bits per heavy atom. The molecule has 2 atom stereocenters. The van der Waals surface area contributed by atoms with Crippen molar-refractivity contribution in [3.05, 3.63) is 42.2 Å². The molecular formula is C31H48F2N2O. The third-order valence-corrected chi connectivity index (χ3v) is 6.72.